The SMILES string of the molecule is CN(C)c1cccc(C(=O)C2CCC(Cc3c[nH]cn3)(c3ccc4c(c3)C=NC=CN4)CC2)c1. The van der Waals surface area contributed by atoms with Crippen molar-refractivity contribution in [3.05, 3.63) is 89.8 Å². The zero-order valence-corrected chi connectivity index (χ0v) is 19.8. The summed E-state index contributed by atoms with van der Waals surface area (Å²) in [5.41, 5.74) is 6.32. The summed E-state index contributed by atoms with van der Waals surface area (Å²) in [6, 6.07) is 14.6. The average Bonchev–Trinajstić information content (AvgIpc) is 3.25. The van der Waals surface area contributed by atoms with E-state index in [9.17, 15) is 4.79 Å². The lowest BCUT2D eigenvalue weighted by molar-refractivity contribution is 0.0858. The molecule has 0 bridgehead atoms. The molecule has 0 unspecified atom stereocenters. The van der Waals surface area contributed by atoms with E-state index < -0.39 is 0 Å². The summed E-state index contributed by atoms with van der Waals surface area (Å²) in [5.74, 6) is 0.319. The number of hydrogen-bond acceptors (Lipinski definition) is 5. The van der Waals surface area contributed by atoms with Gasteiger partial charge in [-0.25, -0.2) is 4.98 Å². The van der Waals surface area contributed by atoms with Gasteiger partial charge in [0, 0.05) is 79.2 Å². The molecule has 2 aromatic carbocycles. The smallest absolute Gasteiger partial charge is 0.166 e. The topological polar surface area (TPSA) is 73.4 Å². The fraction of sp³-hybridized carbons (Fsp3) is 0.321. The van der Waals surface area contributed by atoms with Gasteiger partial charge in [0.25, 0.3) is 0 Å². The van der Waals surface area contributed by atoms with Crippen molar-refractivity contribution < 1.29 is 4.79 Å². The van der Waals surface area contributed by atoms with Gasteiger partial charge in [-0.3, -0.25) is 9.79 Å². The Morgan fingerprint density at radius 2 is 2.00 bits per heavy atom. The van der Waals surface area contributed by atoms with E-state index in [1.54, 1.807) is 12.5 Å². The second kappa shape index (κ2) is 9.29. The number of Topliss-reactive ketones (excluding diaryl/α,β-unsaturated/α-hetero) is 1. The van der Waals surface area contributed by atoms with Gasteiger partial charge in [0.1, 0.15) is 0 Å². The number of nitrogens with one attached hydrogen (secondary N) is 2. The number of rotatable bonds is 6. The van der Waals surface area contributed by atoms with Crippen molar-refractivity contribution in [3.8, 4) is 0 Å². The maximum atomic E-state index is 13.4. The highest BCUT2D eigenvalue weighted by Gasteiger charge is 2.39. The van der Waals surface area contributed by atoms with Crippen LogP contribution in [0.2, 0.25) is 0 Å². The molecule has 174 valence electrons. The molecule has 0 spiro atoms. The molecule has 1 fully saturated rings. The Bertz CT molecular complexity index is 1220. The lowest BCUT2D eigenvalue weighted by atomic mass is 9.63. The van der Waals surface area contributed by atoms with Gasteiger partial charge < -0.3 is 15.2 Å². The minimum atomic E-state index is -0.0555. The number of imidazole rings is 1. The summed E-state index contributed by atoms with van der Waals surface area (Å²) in [7, 11) is 4.01. The van der Waals surface area contributed by atoms with Crippen LogP contribution >= 0.6 is 0 Å². The standard InChI is InChI=1S/C28H31N5O/c1-33(2)25-5-3-4-21(15-25)27(34)20-8-10-28(11-9-20,16-24-18-30-19-32-24)23-6-7-26-22(14-23)17-29-12-13-31-26/h3-7,12-15,17-20,31H,8-11,16H2,1-2H3,(H,30,32). The Kier molecular flexibility index (Phi) is 6.05. The number of fused-ring (bicyclic) bond motifs is 1. The Hall–Kier alpha value is -3.67. The van der Waals surface area contributed by atoms with Crippen molar-refractivity contribution in [3.63, 3.8) is 0 Å². The van der Waals surface area contributed by atoms with E-state index in [2.05, 4.69) is 38.5 Å². The van der Waals surface area contributed by atoms with Crippen LogP contribution in [-0.4, -0.2) is 36.1 Å². The number of anilines is 2. The predicted molar refractivity (Wildman–Crippen MR) is 138 cm³/mol. The van der Waals surface area contributed by atoms with Crippen LogP contribution in [0, 0.1) is 5.92 Å². The molecule has 0 amide bonds. The van der Waals surface area contributed by atoms with Crippen LogP contribution in [-0.2, 0) is 11.8 Å². The highest BCUT2D eigenvalue weighted by Crippen LogP contribution is 2.45. The number of nitrogens with zero attached hydrogens (tertiary/aromatic N) is 3. The highest BCUT2D eigenvalue weighted by molar-refractivity contribution is 5.98. The minimum absolute atomic E-state index is 0.0537. The van der Waals surface area contributed by atoms with Gasteiger partial charge in [0.15, 0.2) is 5.78 Å². The largest absolute Gasteiger partial charge is 0.378 e. The molecule has 34 heavy (non-hydrogen) atoms. The van der Waals surface area contributed by atoms with Crippen LogP contribution in [0.25, 0.3) is 0 Å². The van der Waals surface area contributed by atoms with Crippen LogP contribution in [0.15, 0.2) is 72.4 Å². The number of hydrogen-bond donors (Lipinski definition) is 2. The van der Waals surface area contributed by atoms with Gasteiger partial charge in [0.05, 0.1) is 12.0 Å². The summed E-state index contributed by atoms with van der Waals surface area (Å²) in [6.07, 6.45) is 13.8. The summed E-state index contributed by atoms with van der Waals surface area (Å²) < 4.78 is 0. The van der Waals surface area contributed by atoms with E-state index in [0.717, 1.165) is 60.3 Å². The van der Waals surface area contributed by atoms with Crippen LogP contribution < -0.4 is 10.2 Å². The summed E-state index contributed by atoms with van der Waals surface area (Å²) in [4.78, 5) is 27.4. The molecule has 1 aliphatic heterocycles. The third-order valence-corrected chi connectivity index (χ3v) is 7.31. The van der Waals surface area contributed by atoms with Gasteiger partial charge in [-0.15, -0.1) is 0 Å². The van der Waals surface area contributed by atoms with Crippen LogP contribution in [0.3, 0.4) is 0 Å². The molecule has 5 rings (SSSR count). The third-order valence-electron chi connectivity index (χ3n) is 7.31. The van der Waals surface area contributed by atoms with Crippen molar-refractivity contribution in [2.45, 2.75) is 37.5 Å². The van der Waals surface area contributed by atoms with Crippen molar-refractivity contribution in [1.29, 1.82) is 0 Å². The number of ketones is 1. The lowest BCUT2D eigenvalue weighted by Gasteiger charge is -2.40. The predicted octanol–water partition coefficient (Wildman–Crippen LogP) is 5.34. The molecule has 1 aromatic heterocycles. The highest BCUT2D eigenvalue weighted by atomic mass is 16.1. The molecule has 0 atom stereocenters. The molecular formula is C28H31N5O. The number of carbonyl (C=O) groups excluding carboxylic acids is 1. The van der Waals surface area contributed by atoms with Crippen LogP contribution in [0.1, 0.15) is 52.9 Å². The van der Waals surface area contributed by atoms with Gasteiger partial charge >= 0.3 is 0 Å². The number of aromatic nitrogens is 2. The normalized spacial score (nSPS) is 21.4. The third kappa shape index (κ3) is 4.40. The first-order valence-corrected chi connectivity index (χ1v) is 11.9. The fourth-order valence-electron chi connectivity index (χ4n) is 5.33. The first kappa shape index (κ1) is 22.1. The van der Waals surface area contributed by atoms with Crippen LogP contribution in [0.5, 0.6) is 0 Å². The molecule has 2 aliphatic rings. The number of carbonyl (C=O) groups is 1. The molecule has 0 radical (unpaired) electrons. The van der Waals surface area contributed by atoms with E-state index >= 15 is 0 Å². The zero-order chi connectivity index (χ0) is 23.5. The molecule has 1 saturated carbocycles. The monoisotopic (exact) mass is 453 g/mol. The number of benzene rings is 2. The quantitative estimate of drug-likeness (QED) is 0.494. The van der Waals surface area contributed by atoms with E-state index in [0.29, 0.717) is 0 Å². The number of aromatic amines is 1. The summed E-state index contributed by atoms with van der Waals surface area (Å²) in [5, 5.41) is 3.29. The van der Waals surface area contributed by atoms with E-state index in [1.165, 1.54) is 5.56 Å². The van der Waals surface area contributed by atoms with Gasteiger partial charge in [-0.2, -0.15) is 0 Å². The molecular weight excluding hydrogens is 422 g/mol. The molecule has 1 aliphatic carbocycles. The van der Waals surface area contributed by atoms with Crippen molar-refractivity contribution in [2.75, 3.05) is 24.3 Å². The van der Waals surface area contributed by atoms with Gasteiger partial charge in [-0.1, -0.05) is 18.2 Å². The Balaban J connectivity index is 1.41. The second-order valence-corrected chi connectivity index (χ2v) is 9.64. The Labute approximate surface area is 200 Å². The van der Waals surface area contributed by atoms with E-state index in [4.69, 9.17) is 0 Å². The summed E-state index contributed by atoms with van der Waals surface area (Å²) in [6.45, 7) is 0. The lowest BCUT2D eigenvalue weighted by Crippen LogP contribution is -2.36. The molecule has 3 aromatic rings. The number of aliphatic imine (C=N–C) groups is 1. The van der Waals surface area contributed by atoms with Crippen LogP contribution in [0.4, 0.5) is 11.4 Å². The molecule has 2 N–H and O–H groups in total. The first-order valence-electron chi connectivity index (χ1n) is 11.9. The average molecular weight is 454 g/mol. The van der Waals surface area contributed by atoms with Crippen molar-refractivity contribution in [2.24, 2.45) is 10.9 Å². The molecule has 0 saturated heterocycles. The molecule has 2 heterocycles. The maximum absolute atomic E-state index is 13.4. The van der Waals surface area contributed by atoms with Gasteiger partial charge in [-0.05, 0) is 55.5 Å². The van der Waals surface area contributed by atoms with Gasteiger partial charge in [0.2, 0.25) is 0 Å². The van der Waals surface area contributed by atoms with Crippen molar-refractivity contribution >= 4 is 23.4 Å². The fourth-order valence-corrected chi connectivity index (χ4v) is 5.33. The molecule has 6 heteroatoms. The summed E-state index contributed by atoms with van der Waals surface area (Å²) >= 11 is 0. The van der Waals surface area contributed by atoms with E-state index in [-0.39, 0.29) is 17.1 Å². The number of H-pyrrole nitrogens is 1. The Morgan fingerprint density at radius 3 is 2.76 bits per heavy atom. The second-order valence-electron chi connectivity index (χ2n) is 9.64. The minimum Gasteiger partial charge on any atom is -0.378 e. The zero-order valence-electron chi connectivity index (χ0n) is 19.8. The first-order chi connectivity index (χ1) is 16.5. The van der Waals surface area contributed by atoms with E-state index in [1.807, 2.05) is 61.9 Å². The molecule has 6 nitrogen and oxygen atoms in total. The van der Waals surface area contributed by atoms with Crippen molar-refractivity contribution in [1.82, 2.24) is 9.97 Å². The Morgan fingerprint density at radius 1 is 1.15 bits per heavy atom. The maximum Gasteiger partial charge on any atom is 0.166 e.